The van der Waals surface area contributed by atoms with Crippen LogP contribution in [0.1, 0.15) is 12.5 Å². The van der Waals surface area contributed by atoms with E-state index in [2.05, 4.69) is 34.3 Å². The number of aryl methyl sites for hydroxylation is 2. The number of halogens is 1. The van der Waals surface area contributed by atoms with Gasteiger partial charge >= 0.3 is 0 Å². The summed E-state index contributed by atoms with van der Waals surface area (Å²) in [7, 11) is 0. The highest BCUT2D eigenvalue weighted by Crippen LogP contribution is 2.31. The summed E-state index contributed by atoms with van der Waals surface area (Å²) >= 11 is 3.56. The van der Waals surface area contributed by atoms with Crippen molar-refractivity contribution in [3.05, 3.63) is 28.4 Å². The maximum atomic E-state index is 9.42. The van der Waals surface area contributed by atoms with Gasteiger partial charge < -0.3 is 9.67 Å². The van der Waals surface area contributed by atoms with E-state index >= 15 is 0 Å². The molecule has 1 heterocycles. The van der Waals surface area contributed by atoms with Crippen LogP contribution in [-0.2, 0) is 6.54 Å². The Morgan fingerprint density at radius 1 is 1.43 bits per heavy atom. The molecule has 14 heavy (non-hydrogen) atoms. The zero-order chi connectivity index (χ0) is 10.3. The Morgan fingerprint density at radius 3 is 2.79 bits per heavy atom. The SMILES string of the molecule is CCn1c(Br)c(C)c2ccc(O)cc21. The zero-order valence-electron chi connectivity index (χ0n) is 8.21. The Labute approximate surface area is 91.3 Å². The molecule has 0 fully saturated rings. The quantitative estimate of drug-likeness (QED) is 0.828. The molecule has 0 unspecified atom stereocenters. The summed E-state index contributed by atoms with van der Waals surface area (Å²) in [6.07, 6.45) is 0. The van der Waals surface area contributed by atoms with Crippen LogP contribution in [0.3, 0.4) is 0 Å². The van der Waals surface area contributed by atoms with E-state index in [1.165, 1.54) is 10.9 Å². The van der Waals surface area contributed by atoms with E-state index in [0.717, 1.165) is 16.7 Å². The van der Waals surface area contributed by atoms with Crippen LogP contribution in [0.2, 0.25) is 0 Å². The Morgan fingerprint density at radius 2 is 2.14 bits per heavy atom. The van der Waals surface area contributed by atoms with Gasteiger partial charge in [0.15, 0.2) is 0 Å². The lowest BCUT2D eigenvalue weighted by Gasteiger charge is -2.02. The monoisotopic (exact) mass is 253 g/mol. The van der Waals surface area contributed by atoms with Crippen LogP contribution >= 0.6 is 15.9 Å². The second kappa shape index (κ2) is 3.31. The topological polar surface area (TPSA) is 25.2 Å². The van der Waals surface area contributed by atoms with E-state index in [9.17, 15) is 5.11 Å². The third-order valence-electron chi connectivity index (χ3n) is 2.54. The molecule has 0 saturated heterocycles. The van der Waals surface area contributed by atoms with Gasteiger partial charge in [-0.3, -0.25) is 0 Å². The fourth-order valence-corrected chi connectivity index (χ4v) is 2.44. The Hall–Kier alpha value is -0.960. The minimum absolute atomic E-state index is 0.317. The molecular weight excluding hydrogens is 242 g/mol. The van der Waals surface area contributed by atoms with Crippen molar-refractivity contribution in [2.75, 3.05) is 0 Å². The third-order valence-corrected chi connectivity index (χ3v) is 3.56. The van der Waals surface area contributed by atoms with E-state index in [4.69, 9.17) is 0 Å². The lowest BCUT2D eigenvalue weighted by atomic mass is 10.2. The maximum Gasteiger partial charge on any atom is 0.117 e. The molecule has 0 aliphatic heterocycles. The molecule has 2 nitrogen and oxygen atoms in total. The highest BCUT2D eigenvalue weighted by Gasteiger charge is 2.10. The lowest BCUT2D eigenvalue weighted by molar-refractivity contribution is 0.476. The second-order valence-electron chi connectivity index (χ2n) is 3.36. The predicted octanol–water partition coefficient (Wildman–Crippen LogP) is 3.44. The van der Waals surface area contributed by atoms with Crippen LogP contribution < -0.4 is 0 Å². The van der Waals surface area contributed by atoms with Gasteiger partial charge in [0.25, 0.3) is 0 Å². The molecule has 0 atom stereocenters. The van der Waals surface area contributed by atoms with Crippen molar-refractivity contribution in [3.8, 4) is 5.75 Å². The van der Waals surface area contributed by atoms with Gasteiger partial charge in [0.1, 0.15) is 5.75 Å². The number of aromatic hydroxyl groups is 1. The van der Waals surface area contributed by atoms with Crippen LogP contribution in [0.15, 0.2) is 22.8 Å². The number of aromatic nitrogens is 1. The van der Waals surface area contributed by atoms with Crippen molar-refractivity contribution in [1.82, 2.24) is 4.57 Å². The number of phenolic OH excluding ortho intramolecular Hbond substituents is 1. The van der Waals surface area contributed by atoms with Crippen molar-refractivity contribution in [3.63, 3.8) is 0 Å². The van der Waals surface area contributed by atoms with E-state index < -0.39 is 0 Å². The molecule has 3 heteroatoms. The molecule has 0 amide bonds. The first-order valence-corrected chi connectivity index (χ1v) is 5.41. The van der Waals surface area contributed by atoms with Crippen molar-refractivity contribution < 1.29 is 5.11 Å². The van der Waals surface area contributed by atoms with E-state index in [-0.39, 0.29) is 0 Å². The summed E-state index contributed by atoms with van der Waals surface area (Å²) in [5, 5.41) is 10.6. The highest BCUT2D eigenvalue weighted by molar-refractivity contribution is 9.10. The molecule has 0 spiro atoms. The van der Waals surface area contributed by atoms with Gasteiger partial charge in [-0.05, 0) is 47.5 Å². The van der Waals surface area contributed by atoms with Crippen molar-refractivity contribution in [2.45, 2.75) is 20.4 Å². The van der Waals surface area contributed by atoms with Crippen molar-refractivity contribution in [1.29, 1.82) is 0 Å². The van der Waals surface area contributed by atoms with Crippen LogP contribution in [0.5, 0.6) is 5.75 Å². The standard InChI is InChI=1S/C11H12BrNO/c1-3-13-10-6-8(14)4-5-9(10)7(2)11(13)12/h4-6,14H,3H2,1-2H3. The molecule has 2 rings (SSSR count). The number of phenols is 1. The first-order chi connectivity index (χ1) is 6.65. The van der Waals surface area contributed by atoms with Crippen molar-refractivity contribution in [2.24, 2.45) is 0 Å². The fraction of sp³-hybridized carbons (Fsp3) is 0.273. The zero-order valence-corrected chi connectivity index (χ0v) is 9.80. The van der Waals surface area contributed by atoms with Gasteiger partial charge in [-0.2, -0.15) is 0 Å². The molecule has 0 radical (unpaired) electrons. The minimum atomic E-state index is 0.317. The van der Waals surface area contributed by atoms with E-state index in [0.29, 0.717) is 5.75 Å². The van der Waals surface area contributed by atoms with Gasteiger partial charge in [0.2, 0.25) is 0 Å². The van der Waals surface area contributed by atoms with Crippen LogP contribution in [0, 0.1) is 6.92 Å². The van der Waals surface area contributed by atoms with E-state index in [1.54, 1.807) is 12.1 Å². The molecule has 1 aromatic heterocycles. The number of nitrogens with zero attached hydrogens (tertiary/aromatic N) is 1. The van der Waals surface area contributed by atoms with Crippen molar-refractivity contribution >= 4 is 26.8 Å². The molecule has 0 aliphatic carbocycles. The summed E-state index contributed by atoms with van der Waals surface area (Å²) in [5.74, 6) is 0.317. The van der Waals surface area contributed by atoms with Gasteiger partial charge in [0.05, 0.1) is 10.1 Å². The van der Waals surface area contributed by atoms with Gasteiger partial charge in [-0.25, -0.2) is 0 Å². The number of benzene rings is 1. The molecule has 1 aromatic carbocycles. The Bertz CT molecular complexity index is 487. The molecule has 74 valence electrons. The fourth-order valence-electron chi connectivity index (χ4n) is 1.79. The van der Waals surface area contributed by atoms with E-state index in [1.807, 2.05) is 6.07 Å². The van der Waals surface area contributed by atoms with Gasteiger partial charge in [-0.15, -0.1) is 0 Å². The number of hydrogen-bond donors (Lipinski definition) is 1. The normalized spacial score (nSPS) is 11.1. The molecule has 2 aromatic rings. The summed E-state index contributed by atoms with van der Waals surface area (Å²) in [4.78, 5) is 0. The summed E-state index contributed by atoms with van der Waals surface area (Å²) in [6, 6.07) is 5.48. The summed E-state index contributed by atoms with van der Waals surface area (Å²) in [5.41, 5.74) is 2.30. The average Bonchev–Trinajstić information content (AvgIpc) is 2.39. The Kier molecular flexibility index (Phi) is 2.27. The summed E-state index contributed by atoms with van der Waals surface area (Å²) < 4.78 is 3.24. The second-order valence-corrected chi connectivity index (χ2v) is 4.11. The Balaban J connectivity index is 2.89. The third kappa shape index (κ3) is 1.23. The molecule has 0 saturated carbocycles. The molecule has 0 aliphatic rings. The van der Waals surface area contributed by atoms with Crippen LogP contribution in [0.25, 0.3) is 10.9 Å². The predicted molar refractivity (Wildman–Crippen MR) is 61.7 cm³/mol. The highest BCUT2D eigenvalue weighted by atomic mass is 79.9. The van der Waals surface area contributed by atoms with Gasteiger partial charge in [0, 0.05) is 18.0 Å². The van der Waals surface area contributed by atoms with Gasteiger partial charge in [-0.1, -0.05) is 0 Å². The first-order valence-electron chi connectivity index (χ1n) is 4.62. The number of hydrogen-bond acceptors (Lipinski definition) is 1. The lowest BCUT2D eigenvalue weighted by Crippen LogP contribution is -1.93. The minimum Gasteiger partial charge on any atom is -0.508 e. The number of fused-ring (bicyclic) bond motifs is 1. The first kappa shape index (κ1) is 9.59. The molecule has 1 N–H and O–H groups in total. The molecule has 0 bridgehead atoms. The largest absolute Gasteiger partial charge is 0.508 e. The average molecular weight is 254 g/mol. The maximum absolute atomic E-state index is 9.42. The molecular formula is C11H12BrNO. The van der Waals surface area contributed by atoms with Crippen LogP contribution in [-0.4, -0.2) is 9.67 Å². The number of rotatable bonds is 1. The smallest absolute Gasteiger partial charge is 0.117 e. The summed E-state index contributed by atoms with van der Waals surface area (Å²) in [6.45, 7) is 5.07. The van der Waals surface area contributed by atoms with Crippen LogP contribution in [0.4, 0.5) is 0 Å².